The third kappa shape index (κ3) is 8.03. The topological polar surface area (TPSA) is 138 Å². The van der Waals surface area contributed by atoms with Crippen LogP contribution in [-0.4, -0.2) is 29.0 Å². The summed E-state index contributed by atoms with van der Waals surface area (Å²) in [7, 11) is -7.89. The van der Waals surface area contributed by atoms with Gasteiger partial charge in [-0.15, -0.1) is 0 Å². The van der Waals surface area contributed by atoms with Gasteiger partial charge in [0.05, 0.1) is 11.2 Å². The zero-order chi connectivity index (χ0) is 13.7. The summed E-state index contributed by atoms with van der Waals surface area (Å²) in [6.45, 7) is 1.84. The summed E-state index contributed by atoms with van der Waals surface area (Å²) >= 11 is 0. The Hall–Kier alpha value is -0.760. The number of aryl methyl sites for hydroxylation is 1. The molecule has 17 heavy (non-hydrogen) atoms. The third-order valence-electron chi connectivity index (χ3n) is 1.56. The third-order valence-corrected chi connectivity index (χ3v) is 2.90. The lowest BCUT2D eigenvalue weighted by atomic mass is 10.2. The summed E-state index contributed by atoms with van der Waals surface area (Å²) < 4.78 is 39.1. The molecule has 1 aromatic carbocycles. The molecule has 0 spiro atoms. The van der Waals surface area contributed by atoms with E-state index in [9.17, 15) is 13.0 Å². The van der Waals surface area contributed by atoms with E-state index in [0.717, 1.165) is 5.56 Å². The maximum atomic E-state index is 10.5. The van der Waals surface area contributed by atoms with Crippen molar-refractivity contribution in [3.8, 4) is 0 Å². The molecule has 1 rings (SSSR count). The van der Waals surface area contributed by atoms with E-state index in [1.165, 1.54) is 12.1 Å². The highest BCUT2D eigenvalue weighted by atomic mass is 32.2. The molecule has 98 valence electrons. The molecule has 0 heterocycles. The van der Waals surface area contributed by atoms with Crippen LogP contribution in [0.3, 0.4) is 0 Å². The highest BCUT2D eigenvalue weighted by Crippen LogP contribution is 2.30. The van der Waals surface area contributed by atoms with Crippen molar-refractivity contribution >= 4 is 17.7 Å². The first-order valence-electron chi connectivity index (χ1n) is 4.35. The predicted octanol–water partition coefficient (Wildman–Crippen LogP) is 0.322. The molecule has 5 N–H and O–H groups in total. The maximum Gasteiger partial charge on any atom is 0.338 e. The van der Waals surface area contributed by atoms with Gasteiger partial charge < -0.3 is 15.5 Å². The number of benzene rings is 1. The normalized spacial score (nSPS) is 11.6. The van der Waals surface area contributed by atoms with Gasteiger partial charge in [-0.2, -0.15) is 8.42 Å². The van der Waals surface area contributed by atoms with Crippen LogP contribution >= 0.6 is 7.60 Å². The Morgan fingerprint density at radius 1 is 1.24 bits per heavy atom. The average molecular weight is 283 g/mol. The molecule has 0 atom stereocenters. The van der Waals surface area contributed by atoms with Gasteiger partial charge in [0.25, 0.3) is 10.1 Å². The summed E-state index contributed by atoms with van der Waals surface area (Å²) in [5, 5.41) is 0. The maximum absolute atomic E-state index is 10.5. The second-order valence-electron chi connectivity index (χ2n) is 3.14. The van der Waals surface area contributed by atoms with Gasteiger partial charge in [0.15, 0.2) is 0 Å². The Labute approximate surface area is 99.2 Å². The monoisotopic (exact) mass is 283 g/mol. The lowest BCUT2D eigenvalue weighted by Crippen LogP contribution is -1.97. The van der Waals surface area contributed by atoms with Crippen LogP contribution in [0.2, 0.25) is 0 Å². The van der Waals surface area contributed by atoms with E-state index in [2.05, 4.69) is 5.73 Å². The second-order valence-corrected chi connectivity index (χ2v) is 6.25. The summed E-state index contributed by atoms with van der Waals surface area (Å²) in [4.78, 5) is 15.6. The van der Waals surface area contributed by atoms with Crippen LogP contribution in [0.1, 0.15) is 5.56 Å². The van der Waals surface area contributed by atoms with Crippen molar-refractivity contribution in [2.75, 3.05) is 6.29 Å². The molecule has 0 saturated heterocycles. The van der Waals surface area contributed by atoms with Gasteiger partial charge >= 0.3 is 7.60 Å². The Morgan fingerprint density at radius 3 is 1.82 bits per heavy atom. The molecule has 0 radical (unpaired) electrons. The fourth-order valence-corrected chi connectivity index (χ4v) is 1.19. The molecule has 1 aromatic rings. The first-order valence-corrected chi connectivity index (χ1v) is 7.59. The first-order chi connectivity index (χ1) is 7.56. The zero-order valence-electron chi connectivity index (χ0n) is 9.02. The van der Waals surface area contributed by atoms with Crippen LogP contribution in [-0.2, 0) is 14.7 Å². The lowest BCUT2D eigenvalue weighted by Gasteiger charge is -1.95. The second kappa shape index (κ2) is 6.25. The van der Waals surface area contributed by atoms with Gasteiger partial charge in [-0.25, -0.2) is 0 Å². The van der Waals surface area contributed by atoms with E-state index in [-0.39, 0.29) is 4.90 Å². The fourth-order valence-electron chi connectivity index (χ4n) is 0.710. The Bertz CT molecular complexity index is 491. The highest BCUT2D eigenvalue weighted by molar-refractivity contribution is 7.85. The van der Waals surface area contributed by atoms with E-state index >= 15 is 0 Å². The van der Waals surface area contributed by atoms with Crippen molar-refractivity contribution < 1.29 is 27.3 Å². The summed E-state index contributed by atoms with van der Waals surface area (Å²) in [5.41, 5.74) is 5.50. The van der Waals surface area contributed by atoms with Crippen molar-refractivity contribution in [2.45, 2.75) is 11.8 Å². The Kier molecular flexibility index (Phi) is 5.97. The summed E-state index contributed by atoms with van der Waals surface area (Å²) in [5.74, 6) is 0. The molecule has 0 amide bonds. The largest absolute Gasteiger partial charge is 0.338 e. The summed E-state index contributed by atoms with van der Waals surface area (Å²) in [6.07, 6.45) is -0.562. The molecule has 0 fully saturated rings. The molecule has 7 nitrogen and oxygen atoms in total. The first kappa shape index (κ1) is 16.2. The number of nitrogens with two attached hydrogens (primary N) is 1. The molecule has 0 aromatic heterocycles. The standard InChI is InChI=1S/C7H8O3S.CH6NO3P/c1-6-2-4-7(5-3-6)11(8,9)10;2-1-6(3,4)5/h2-5H,1H3,(H,8,9,10);1-2H2,(H2,3,4,5). The van der Waals surface area contributed by atoms with Gasteiger partial charge in [-0.1, -0.05) is 17.7 Å². The molecule has 0 aliphatic rings. The smallest absolute Gasteiger partial charge is 0.324 e. The average Bonchev–Trinajstić information content (AvgIpc) is 2.17. The molecular weight excluding hydrogens is 269 g/mol. The van der Waals surface area contributed by atoms with Crippen molar-refractivity contribution in [1.29, 1.82) is 0 Å². The number of rotatable bonds is 2. The zero-order valence-corrected chi connectivity index (χ0v) is 10.7. The number of hydrogen-bond acceptors (Lipinski definition) is 4. The molecular formula is C8H14NO6PS. The van der Waals surface area contributed by atoms with E-state index < -0.39 is 24.0 Å². The van der Waals surface area contributed by atoms with Gasteiger partial charge in [0, 0.05) is 0 Å². The SMILES string of the molecule is Cc1ccc(S(=O)(=O)O)cc1.NCP(=O)(O)O. The molecule has 0 saturated carbocycles. The van der Waals surface area contributed by atoms with E-state index in [4.69, 9.17) is 14.3 Å². The lowest BCUT2D eigenvalue weighted by molar-refractivity contribution is 0.373. The quantitative estimate of drug-likeness (QED) is 0.453. The van der Waals surface area contributed by atoms with Crippen LogP contribution in [0, 0.1) is 6.92 Å². The van der Waals surface area contributed by atoms with Crippen molar-refractivity contribution in [3.05, 3.63) is 29.8 Å². The van der Waals surface area contributed by atoms with Crippen LogP contribution in [0.4, 0.5) is 0 Å². The van der Waals surface area contributed by atoms with Crippen LogP contribution in [0.15, 0.2) is 29.2 Å². The van der Waals surface area contributed by atoms with Crippen molar-refractivity contribution in [3.63, 3.8) is 0 Å². The van der Waals surface area contributed by atoms with Gasteiger partial charge in [0.1, 0.15) is 0 Å². The number of hydrogen-bond donors (Lipinski definition) is 4. The van der Waals surface area contributed by atoms with Gasteiger partial charge in [-0.05, 0) is 19.1 Å². The molecule has 0 bridgehead atoms. The molecule has 0 aliphatic heterocycles. The Balaban J connectivity index is 0.000000366. The Morgan fingerprint density at radius 2 is 1.59 bits per heavy atom. The minimum atomic E-state index is -4.02. The fraction of sp³-hybridized carbons (Fsp3) is 0.250. The van der Waals surface area contributed by atoms with E-state index in [1.807, 2.05) is 6.92 Å². The van der Waals surface area contributed by atoms with Crippen molar-refractivity contribution in [1.82, 2.24) is 0 Å². The van der Waals surface area contributed by atoms with Gasteiger partial charge in [0.2, 0.25) is 0 Å². The predicted molar refractivity (Wildman–Crippen MR) is 62.1 cm³/mol. The highest BCUT2D eigenvalue weighted by Gasteiger charge is 2.07. The molecule has 0 aliphatic carbocycles. The van der Waals surface area contributed by atoms with Crippen LogP contribution in [0.5, 0.6) is 0 Å². The minimum absolute atomic E-state index is 0.0666. The van der Waals surface area contributed by atoms with Crippen molar-refractivity contribution in [2.24, 2.45) is 5.73 Å². The molecule has 9 heteroatoms. The minimum Gasteiger partial charge on any atom is -0.324 e. The van der Waals surface area contributed by atoms with Crippen LogP contribution in [0.25, 0.3) is 0 Å². The summed E-state index contributed by atoms with van der Waals surface area (Å²) in [6, 6.07) is 5.99. The molecule has 0 unspecified atom stereocenters. The van der Waals surface area contributed by atoms with Gasteiger partial charge in [-0.3, -0.25) is 9.12 Å². The van der Waals surface area contributed by atoms with Crippen LogP contribution < -0.4 is 5.73 Å². The van der Waals surface area contributed by atoms with E-state index in [1.54, 1.807) is 12.1 Å². The van der Waals surface area contributed by atoms with E-state index in [0.29, 0.717) is 0 Å².